The maximum Gasteiger partial charge on any atom is 0.233 e. The summed E-state index contributed by atoms with van der Waals surface area (Å²) in [7, 11) is 0. The predicted molar refractivity (Wildman–Crippen MR) is 91.1 cm³/mol. The van der Waals surface area contributed by atoms with Crippen molar-refractivity contribution in [3.05, 3.63) is 58.8 Å². The number of carbonyl (C=O) groups is 1. The lowest BCUT2D eigenvalue weighted by Gasteiger charge is -2.27. The third-order valence-electron chi connectivity index (χ3n) is 5.29. The maximum absolute atomic E-state index is 12.6. The van der Waals surface area contributed by atoms with Gasteiger partial charge in [-0.3, -0.25) is 4.79 Å². The molecule has 1 fully saturated rings. The van der Waals surface area contributed by atoms with Crippen molar-refractivity contribution in [2.45, 2.75) is 38.1 Å². The van der Waals surface area contributed by atoms with Crippen LogP contribution in [0.1, 0.15) is 41.0 Å². The van der Waals surface area contributed by atoms with Crippen LogP contribution in [-0.2, 0) is 24.2 Å². The third kappa shape index (κ3) is 2.17. The lowest BCUT2D eigenvalue weighted by molar-refractivity contribution is -0.120. The fourth-order valence-electron chi connectivity index (χ4n) is 4.18. The van der Waals surface area contributed by atoms with Crippen molar-refractivity contribution in [3.8, 4) is 0 Å². The molecule has 0 saturated carbocycles. The normalized spacial score (nSPS) is 25.7. The summed E-state index contributed by atoms with van der Waals surface area (Å²) in [6.07, 6.45) is 8.09. The van der Waals surface area contributed by atoms with Gasteiger partial charge >= 0.3 is 0 Å². The smallest absolute Gasteiger partial charge is 0.233 e. The van der Waals surface area contributed by atoms with Crippen molar-refractivity contribution < 1.29 is 4.79 Å². The molecular formula is C19H21N3O. The lowest BCUT2D eigenvalue weighted by atomic mass is 9.76. The third-order valence-corrected chi connectivity index (χ3v) is 5.29. The number of nitrogens with one attached hydrogen (secondary N) is 1. The molecule has 4 rings (SSSR count). The summed E-state index contributed by atoms with van der Waals surface area (Å²) >= 11 is 0. The number of benzene rings is 1. The zero-order chi connectivity index (χ0) is 16.0. The summed E-state index contributed by atoms with van der Waals surface area (Å²) in [4.78, 5) is 17.0. The highest BCUT2D eigenvalue weighted by Gasteiger charge is 2.43. The SMILES string of the molecule is C=C1C=CN=C2NC(=O)C(c3ccc(CN)c4c3CCCC4)C12. The van der Waals surface area contributed by atoms with Crippen molar-refractivity contribution in [2.24, 2.45) is 16.6 Å². The Morgan fingerprint density at radius 3 is 2.78 bits per heavy atom. The molecule has 1 amide bonds. The van der Waals surface area contributed by atoms with E-state index < -0.39 is 0 Å². The van der Waals surface area contributed by atoms with E-state index in [2.05, 4.69) is 29.0 Å². The van der Waals surface area contributed by atoms with Gasteiger partial charge in [0.05, 0.1) is 11.8 Å². The van der Waals surface area contributed by atoms with Gasteiger partial charge in [-0.1, -0.05) is 18.7 Å². The van der Waals surface area contributed by atoms with Crippen molar-refractivity contribution >= 4 is 11.7 Å². The second-order valence-electron chi connectivity index (χ2n) is 6.53. The first-order chi connectivity index (χ1) is 11.2. The monoisotopic (exact) mass is 307 g/mol. The van der Waals surface area contributed by atoms with E-state index in [-0.39, 0.29) is 17.7 Å². The number of nitrogens with two attached hydrogens (primary N) is 1. The zero-order valence-electron chi connectivity index (χ0n) is 13.1. The van der Waals surface area contributed by atoms with E-state index in [0.717, 1.165) is 29.8 Å². The molecule has 0 spiro atoms. The molecule has 1 saturated heterocycles. The fraction of sp³-hybridized carbons (Fsp3) is 0.368. The van der Waals surface area contributed by atoms with Crippen molar-refractivity contribution in [2.75, 3.05) is 0 Å². The number of hydrogen-bond acceptors (Lipinski definition) is 3. The summed E-state index contributed by atoms with van der Waals surface area (Å²) in [5.74, 6) is 0.499. The number of allylic oxidation sites excluding steroid dienone is 1. The molecule has 2 unspecified atom stereocenters. The van der Waals surface area contributed by atoms with Crippen LogP contribution in [0.25, 0.3) is 0 Å². The molecule has 3 aliphatic rings. The highest BCUT2D eigenvalue weighted by Crippen LogP contribution is 2.41. The van der Waals surface area contributed by atoms with Gasteiger partial charge in [0.1, 0.15) is 5.84 Å². The Kier molecular flexibility index (Phi) is 3.42. The van der Waals surface area contributed by atoms with E-state index in [1.165, 1.54) is 29.5 Å². The molecule has 118 valence electrons. The molecule has 3 N–H and O–H groups in total. The largest absolute Gasteiger partial charge is 0.326 e. The van der Waals surface area contributed by atoms with Crippen molar-refractivity contribution in [1.29, 1.82) is 0 Å². The van der Waals surface area contributed by atoms with E-state index in [4.69, 9.17) is 5.73 Å². The lowest BCUT2D eigenvalue weighted by Crippen LogP contribution is -2.23. The van der Waals surface area contributed by atoms with Gasteiger partial charge < -0.3 is 11.1 Å². The molecule has 0 bridgehead atoms. The molecule has 1 aliphatic carbocycles. The number of aliphatic imine (C=N–C) groups is 1. The Bertz CT molecular complexity index is 760. The standard InChI is InChI=1S/C19H21N3O/c1-11-8-9-21-18-16(11)17(19(23)22-18)15-7-6-12(10-20)13-4-2-3-5-14(13)15/h6-9,16-17H,1-5,10,20H2,(H,21,22,23). The second-order valence-corrected chi connectivity index (χ2v) is 6.53. The Labute approximate surface area is 136 Å². The van der Waals surface area contributed by atoms with Crippen molar-refractivity contribution in [1.82, 2.24) is 5.32 Å². The van der Waals surface area contributed by atoms with Gasteiger partial charge in [-0.2, -0.15) is 0 Å². The minimum absolute atomic E-state index is 0.0341. The number of carbonyl (C=O) groups excluding carboxylic acids is 1. The van der Waals surface area contributed by atoms with Crippen LogP contribution in [-0.4, -0.2) is 11.7 Å². The summed E-state index contributed by atoms with van der Waals surface area (Å²) in [6, 6.07) is 4.20. The highest BCUT2D eigenvalue weighted by atomic mass is 16.2. The zero-order valence-corrected chi connectivity index (χ0v) is 13.1. The minimum atomic E-state index is -0.218. The number of rotatable bonds is 2. The first kappa shape index (κ1) is 14.4. The van der Waals surface area contributed by atoms with Crippen LogP contribution >= 0.6 is 0 Å². The average Bonchev–Trinajstić information content (AvgIpc) is 2.91. The molecule has 4 nitrogen and oxygen atoms in total. The Balaban J connectivity index is 1.84. The van der Waals surface area contributed by atoms with E-state index in [9.17, 15) is 4.79 Å². The van der Waals surface area contributed by atoms with Crippen LogP contribution in [0.4, 0.5) is 0 Å². The Hall–Kier alpha value is -2.20. The van der Waals surface area contributed by atoms with Gasteiger partial charge in [0.25, 0.3) is 0 Å². The van der Waals surface area contributed by atoms with Crippen LogP contribution in [0.5, 0.6) is 0 Å². The van der Waals surface area contributed by atoms with E-state index >= 15 is 0 Å². The topological polar surface area (TPSA) is 67.5 Å². The van der Waals surface area contributed by atoms with Crippen LogP contribution in [0.3, 0.4) is 0 Å². The van der Waals surface area contributed by atoms with Gasteiger partial charge in [0, 0.05) is 12.7 Å². The first-order valence-electron chi connectivity index (χ1n) is 8.28. The molecule has 1 aromatic rings. The van der Waals surface area contributed by atoms with E-state index in [1.807, 2.05) is 6.08 Å². The van der Waals surface area contributed by atoms with Gasteiger partial charge in [0.2, 0.25) is 5.91 Å². The van der Waals surface area contributed by atoms with Crippen LogP contribution in [0.2, 0.25) is 0 Å². The second kappa shape index (κ2) is 5.46. The molecule has 1 aromatic carbocycles. The minimum Gasteiger partial charge on any atom is -0.326 e. The molecule has 0 radical (unpaired) electrons. The van der Waals surface area contributed by atoms with E-state index in [1.54, 1.807) is 6.20 Å². The molecule has 0 aromatic heterocycles. The molecule has 4 heteroatoms. The van der Waals surface area contributed by atoms with Crippen LogP contribution in [0, 0.1) is 5.92 Å². The van der Waals surface area contributed by atoms with Gasteiger partial charge in [-0.05, 0) is 59.6 Å². The highest BCUT2D eigenvalue weighted by molar-refractivity contribution is 6.12. The summed E-state index contributed by atoms with van der Waals surface area (Å²) in [5, 5.41) is 2.94. The van der Waals surface area contributed by atoms with Crippen molar-refractivity contribution in [3.63, 3.8) is 0 Å². The maximum atomic E-state index is 12.6. The summed E-state index contributed by atoms with van der Waals surface area (Å²) in [5.41, 5.74) is 11.9. The summed E-state index contributed by atoms with van der Waals surface area (Å²) < 4.78 is 0. The van der Waals surface area contributed by atoms with Crippen LogP contribution < -0.4 is 11.1 Å². The molecule has 23 heavy (non-hydrogen) atoms. The molecule has 2 heterocycles. The van der Waals surface area contributed by atoms with Gasteiger partial charge in [-0.25, -0.2) is 4.99 Å². The number of amidine groups is 1. The number of hydrogen-bond donors (Lipinski definition) is 2. The number of amides is 1. The Morgan fingerprint density at radius 1 is 1.22 bits per heavy atom. The summed E-state index contributed by atoms with van der Waals surface area (Å²) in [6.45, 7) is 4.69. The molecule has 2 aliphatic heterocycles. The van der Waals surface area contributed by atoms with Crippen LogP contribution in [0.15, 0.2) is 41.6 Å². The predicted octanol–water partition coefficient (Wildman–Crippen LogP) is 2.34. The van der Waals surface area contributed by atoms with Gasteiger partial charge in [-0.15, -0.1) is 0 Å². The Morgan fingerprint density at radius 2 is 2.00 bits per heavy atom. The first-order valence-corrected chi connectivity index (χ1v) is 8.28. The average molecular weight is 307 g/mol. The quantitative estimate of drug-likeness (QED) is 0.880. The van der Waals surface area contributed by atoms with Gasteiger partial charge in [0.15, 0.2) is 0 Å². The number of nitrogens with zero attached hydrogens (tertiary/aromatic N) is 1. The molecular weight excluding hydrogens is 286 g/mol. The number of fused-ring (bicyclic) bond motifs is 2. The molecule has 2 atom stereocenters. The fourth-order valence-corrected chi connectivity index (χ4v) is 4.18. The van der Waals surface area contributed by atoms with E-state index in [0.29, 0.717) is 6.54 Å².